The molecule has 2 unspecified atom stereocenters. The molecule has 0 spiro atoms. The molecule has 0 amide bonds. The highest BCUT2D eigenvalue weighted by atomic mass is 16.3. The van der Waals surface area contributed by atoms with Crippen LogP contribution in [0.5, 0.6) is 0 Å². The molecule has 2 aliphatic carbocycles. The van der Waals surface area contributed by atoms with Crippen molar-refractivity contribution in [3.05, 3.63) is 53.2 Å². The first kappa shape index (κ1) is 12.2. The molecular weight excluding hydrogens is 248 g/mol. The van der Waals surface area contributed by atoms with Gasteiger partial charge in [0.15, 0.2) is 0 Å². The molecule has 1 aliphatic heterocycles. The molecule has 3 nitrogen and oxygen atoms in total. The summed E-state index contributed by atoms with van der Waals surface area (Å²) in [6.07, 6.45) is 16.0. The Labute approximate surface area is 119 Å². The van der Waals surface area contributed by atoms with Crippen molar-refractivity contribution in [3.8, 4) is 0 Å². The van der Waals surface area contributed by atoms with E-state index in [1.807, 2.05) is 6.08 Å². The summed E-state index contributed by atoms with van der Waals surface area (Å²) in [6, 6.07) is 0. The average Bonchev–Trinajstić information content (AvgIpc) is 2.90. The van der Waals surface area contributed by atoms with E-state index >= 15 is 0 Å². The lowest BCUT2D eigenvalue weighted by atomic mass is 9.83. The van der Waals surface area contributed by atoms with Crippen molar-refractivity contribution in [3.63, 3.8) is 0 Å². The van der Waals surface area contributed by atoms with Crippen LogP contribution in [0.25, 0.3) is 0 Å². The standard InChI is InChI=1S/C17H20N2O/c20-16-10-13-6-2-1-5-12(13)9-14(16)15-11-19-8-4-3-7-17(19)18-15/h1,5,9-11,14,16,20H,2-4,6-8H2. The summed E-state index contributed by atoms with van der Waals surface area (Å²) >= 11 is 0. The van der Waals surface area contributed by atoms with Gasteiger partial charge in [-0.15, -0.1) is 0 Å². The van der Waals surface area contributed by atoms with Gasteiger partial charge in [0, 0.05) is 19.2 Å². The van der Waals surface area contributed by atoms with Gasteiger partial charge in [-0.1, -0.05) is 24.3 Å². The number of allylic oxidation sites excluding steroid dienone is 4. The van der Waals surface area contributed by atoms with Crippen LogP contribution in [0, 0.1) is 0 Å². The van der Waals surface area contributed by atoms with Crippen LogP contribution >= 0.6 is 0 Å². The van der Waals surface area contributed by atoms with E-state index in [0.29, 0.717) is 0 Å². The summed E-state index contributed by atoms with van der Waals surface area (Å²) in [6.45, 7) is 1.07. The molecule has 20 heavy (non-hydrogen) atoms. The minimum Gasteiger partial charge on any atom is -0.388 e. The number of aliphatic hydroxyl groups excluding tert-OH is 1. The number of fused-ring (bicyclic) bond motifs is 2. The molecule has 0 radical (unpaired) electrons. The van der Waals surface area contributed by atoms with Crippen molar-refractivity contribution in [1.29, 1.82) is 0 Å². The second kappa shape index (κ2) is 4.74. The summed E-state index contributed by atoms with van der Waals surface area (Å²) in [4.78, 5) is 4.77. The van der Waals surface area contributed by atoms with E-state index in [-0.39, 0.29) is 5.92 Å². The van der Waals surface area contributed by atoms with Gasteiger partial charge in [-0.25, -0.2) is 4.98 Å². The first-order valence-electron chi connectivity index (χ1n) is 7.65. The Morgan fingerprint density at radius 1 is 1.20 bits per heavy atom. The van der Waals surface area contributed by atoms with Crippen molar-refractivity contribution in [2.75, 3.05) is 0 Å². The van der Waals surface area contributed by atoms with Crippen LogP contribution in [0.4, 0.5) is 0 Å². The van der Waals surface area contributed by atoms with Crippen molar-refractivity contribution >= 4 is 0 Å². The first-order chi connectivity index (χ1) is 9.81. The Morgan fingerprint density at radius 3 is 3.05 bits per heavy atom. The molecular formula is C17H20N2O. The van der Waals surface area contributed by atoms with Crippen molar-refractivity contribution < 1.29 is 5.11 Å². The van der Waals surface area contributed by atoms with Crippen LogP contribution < -0.4 is 0 Å². The lowest BCUT2D eigenvalue weighted by molar-refractivity contribution is 0.202. The van der Waals surface area contributed by atoms with E-state index in [4.69, 9.17) is 4.98 Å². The van der Waals surface area contributed by atoms with Gasteiger partial charge in [0.25, 0.3) is 0 Å². The summed E-state index contributed by atoms with van der Waals surface area (Å²) < 4.78 is 2.26. The number of aromatic nitrogens is 2. The summed E-state index contributed by atoms with van der Waals surface area (Å²) in [7, 11) is 0. The fourth-order valence-corrected chi connectivity index (χ4v) is 3.50. The third kappa shape index (κ3) is 1.97. The molecule has 0 bridgehead atoms. The van der Waals surface area contributed by atoms with E-state index < -0.39 is 6.10 Å². The van der Waals surface area contributed by atoms with E-state index in [9.17, 15) is 5.11 Å². The number of aliphatic hydroxyl groups is 1. The van der Waals surface area contributed by atoms with Gasteiger partial charge in [-0.05, 0) is 36.8 Å². The number of imidazole rings is 1. The summed E-state index contributed by atoms with van der Waals surface area (Å²) in [5, 5.41) is 10.4. The molecule has 1 aromatic heterocycles. The zero-order valence-corrected chi connectivity index (χ0v) is 11.6. The zero-order valence-electron chi connectivity index (χ0n) is 11.6. The Hall–Kier alpha value is -1.61. The third-order valence-corrected chi connectivity index (χ3v) is 4.62. The molecule has 0 fully saturated rings. The lowest BCUT2D eigenvalue weighted by Gasteiger charge is -2.25. The molecule has 104 valence electrons. The second-order valence-corrected chi connectivity index (χ2v) is 6.00. The Bertz CT molecular complexity index is 597. The van der Waals surface area contributed by atoms with E-state index in [1.54, 1.807) is 0 Å². The highest BCUT2D eigenvalue weighted by Gasteiger charge is 2.27. The first-order valence-corrected chi connectivity index (χ1v) is 7.65. The SMILES string of the molecule is OC1C=C2CCC=CC2=CC1c1cn2c(n1)CCCC2. The van der Waals surface area contributed by atoms with Crippen molar-refractivity contribution in [2.24, 2.45) is 0 Å². The number of rotatable bonds is 1. The molecule has 2 atom stereocenters. The van der Waals surface area contributed by atoms with Gasteiger partial charge >= 0.3 is 0 Å². The molecule has 0 saturated carbocycles. The van der Waals surface area contributed by atoms with E-state index in [2.05, 4.69) is 29.0 Å². The van der Waals surface area contributed by atoms with Gasteiger partial charge in [0.05, 0.1) is 17.7 Å². The molecule has 3 aliphatic rings. The van der Waals surface area contributed by atoms with Gasteiger partial charge in [-0.3, -0.25) is 0 Å². The minimum atomic E-state index is -0.433. The second-order valence-electron chi connectivity index (χ2n) is 6.00. The van der Waals surface area contributed by atoms with Crippen molar-refractivity contribution in [2.45, 2.75) is 50.7 Å². The number of hydrogen-bond donors (Lipinski definition) is 1. The fraction of sp³-hybridized carbons (Fsp3) is 0.471. The maximum atomic E-state index is 10.4. The van der Waals surface area contributed by atoms with Gasteiger partial charge in [-0.2, -0.15) is 0 Å². The molecule has 2 heterocycles. The Balaban J connectivity index is 1.70. The molecule has 1 N–H and O–H groups in total. The summed E-state index contributed by atoms with van der Waals surface area (Å²) in [5.41, 5.74) is 3.59. The van der Waals surface area contributed by atoms with Gasteiger partial charge < -0.3 is 9.67 Å². The number of aryl methyl sites for hydroxylation is 2. The maximum Gasteiger partial charge on any atom is 0.108 e. The zero-order chi connectivity index (χ0) is 13.5. The predicted molar refractivity (Wildman–Crippen MR) is 78.5 cm³/mol. The van der Waals surface area contributed by atoms with Crippen LogP contribution in [-0.4, -0.2) is 20.8 Å². The Kier molecular flexibility index (Phi) is 2.88. The minimum absolute atomic E-state index is 0.00889. The smallest absolute Gasteiger partial charge is 0.108 e. The average molecular weight is 268 g/mol. The highest BCUT2D eigenvalue weighted by Crippen LogP contribution is 2.35. The summed E-state index contributed by atoms with van der Waals surface area (Å²) in [5.74, 6) is 1.19. The van der Waals surface area contributed by atoms with Crippen LogP contribution in [-0.2, 0) is 13.0 Å². The largest absolute Gasteiger partial charge is 0.388 e. The monoisotopic (exact) mass is 268 g/mol. The van der Waals surface area contributed by atoms with Gasteiger partial charge in [0.2, 0.25) is 0 Å². The lowest BCUT2D eigenvalue weighted by Crippen LogP contribution is -2.20. The molecule has 0 saturated heterocycles. The normalized spacial score (nSPS) is 28.4. The topological polar surface area (TPSA) is 38.0 Å². The number of hydrogen-bond acceptors (Lipinski definition) is 2. The van der Waals surface area contributed by atoms with Crippen LogP contribution in [0.2, 0.25) is 0 Å². The molecule has 1 aromatic rings. The molecule has 0 aromatic carbocycles. The van der Waals surface area contributed by atoms with Gasteiger partial charge in [0.1, 0.15) is 5.82 Å². The maximum absolute atomic E-state index is 10.4. The predicted octanol–water partition coefficient (Wildman–Crippen LogP) is 2.88. The van der Waals surface area contributed by atoms with Crippen LogP contribution in [0.3, 0.4) is 0 Å². The highest BCUT2D eigenvalue weighted by molar-refractivity contribution is 5.48. The number of nitrogens with zero attached hydrogens (tertiary/aromatic N) is 2. The van der Waals surface area contributed by atoms with E-state index in [0.717, 1.165) is 31.5 Å². The Morgan fingerprint density at radius 2 is 2.15 bits per heavy atom. The molecule has 3 heteroatoms. The van der Waals surface area contributed by atoms with Crippen LogP contribution in [0.1, 0.15) is 43.1 Å². The third-order valence-electron chi connectivity index (χ3n) is 4.62. The fourth-order valence-electron chi connectivity index (χ4n) is 3.50. The van der Waals surface area contributed by atoms with Crippen molar-refractivity contribution in [1.82, 2.24) is 9.55 Å². The molecule has 4 rings (SSSR count). The quantitative estimate of drug-likeness (QED) is 0.850. The van der Waals surface area contributed by atoms with Crippen LogP contribution in [0.15, 0.2) is 41.6 Å². The van der Waals surface area contributed by atoms with E-state index in [1.165, 1.54) is 29.8 Å².